The Morgan fingerprint density at radius 1 is 1.07 bits per heavy atom. The van der Waals surface area contributed by atoms with Gasteiger partial charge in [0.2, 0.25) is 0 Å². The van der Waals surface area contributed by atoms with Gasteiger partial charge in [-0.3, -0.25) is 4.57 Å². The summed E-state index contributed by atoms with van der Waals surface area (Å²) in [5.74, 6) is 0.914. The molecule has 3 aromatic rings. The maximum absolute atomic E-state index is 12.5. The molecule has 0 fully saturated rings. The van der Waals surface area contributed by atoms with Crippen molar-refractivity contribution < 1.29 is 17.9 Å². The minimum absolute atomic E-state index is 0.152. The summed E-state index contributed by atoms with van der Waals surface area (Å²) in [5, 5.41) is 9.23. The van der Waals surface area contributed by atoms with Crippen LogP contribution in [0.25, 0.3) is 17.1 Å². The average Bonchev–Trinajstić information content (AvgIpc) is 3.05. The summed E-state index contributed by atoms with van der Waals surface area (Å²) in [7, 11) is 1.54. The van der Waals surface area contributed by atoms with E-state index in [1.54, 1.807) is 42.0 Å². The molecule has 0 amide bonds. The molecule has 0 saturated heterocycles. The first-order chi connectivity index (χ1) is 12.9. The van der Waals surface area contributed by atoms with Gasteiger partial charge >= 0.3 is 6.18 Å². The Hall–Kier alpha value is -2.19. The number of hydrogen-bond acceptors (Lipinski definition) is 4. The molecule has 0 aliphatic heterocycles. The number of hydrogen-bond donors (Lipinski definition) is 0. The second-order valence-electron chi connectivity index (χ2n) is 5.53. The molecule has 1 aromatic heterocycles. The lowest BCUT2D eigenvalue weighted by atomic mass is 10.2. The number of rotatable bonds is 6. The quantitative estimate of drug-likeness (QED) is 0.490. The number of aromatic nitrogens is 3. The molecule has 0 aliphatic carbocycles. The fraction of sp³-hybridized carbons (Fsp3) is 0.222. The van der Waals surface area contributed by atoms with Gasteiger partial charge < -0.3 is 4.74 Å². The van der Waals surface area contributed by atoms with Crippen LogP contribution in [0, 0.1) is 0 Å². The molecule has 0 spiro atoms. The average molecular weight is 414 g/mol. The van der Waals surface area contributed by atoms with Crippen molar-refractivity contribution in [2.24, 2.45) is 0 Å². The van der Waals surface area contributed by atoms with Gasteiger partial charge in [-0.15, -0.1) is 10.2 Å². The summed E-state index contributed by atoms with van der Waals surface area (Å²) in [4.78, 5) is 0. The van der Waals surface area contributed by atoms with Crippen molar-refractivity contribution in [3.63, 3.8) is 0 Å². The van der Waals surface area contributed by atoms with E-state index in [0.29, 0.717) is 33.0 Å². The minimum Gasteiger partial charge on any atom is -0.496 e. The van der Waals surface area contributed by atoms with Crippen LogP contribution < -0.4 is 4.74 Å². The van der Waals surface area contributed by atoms with E-state index < -0.39 is 12.6 Å². The number of alkyl halides is 3. The first-order valence-corrected chi connectivity index (χ1v) is 9.29. The Morgan fingerprint density at radius 3 is 2.44 bits per heavy atom. The summed E-state index contributed by atoms with van der Waals surface area (Å²) < 4.78 is 44.6. The molecule has 0 saturated carbocycles. The van der Waals surface area contributed by atoms with Gasteiger partial charge in [0.1, 0.15) is 5.75 Å². The Morgan fingerprint density at radius 2 is 1.78 bits per heavy atom. The SMILES string of the molecule is COc1ccccc1-c1nnc(SCCC(F)(F)F)n1-c1ccc(Cl)cc1. The normalized spacial score (nSPS) is 11.6. The number of nitrogens with zero attached hydrogens (tertiary/aromatic N) is 3. The second-order valence-corrected chi connectivity index (χ2v) is 7.03. The van der Waals surface area contributed by atoms with Gasteiger partial charge in [-0.2, -0.15) is 13.2 Å². The predicted octanol–water partition coefficient (Wildman–Crippen LogP) is 5.64. The van der Waals surface area contributed by atoms with E-state index in [4.69, 9.17) is 16.3 Å². The van der Waals surface area contributed by atoms with Crippen molar-refractivity contribution in [2.45, 2.75) is 17.8 Å². The van der Waals surface area contributed by atoms with Crippen LogP contribution in [0.1, 0.15) is 6.42 Å². The highest BCUT2D eigenvalue weighted by Crippen LogP contribution is 2.34. The number of ether oxygens (including phenoxy) is 1. The first-order valence-electron chi connectivity index (χ1n) is 7.93. The minimum atomic E-state index is -4.22. The van der Waals surface area contributed by atoms with Crippen LogP contribution in [0.2, 0.25) is 5.02 Å². The Balaban J connectivity index is 2.04. The van der Waals surface area contributed by atoms with E-state index in [1.165, 1.54) is 0 Å². The summed E-state index contributed by atoms with van der Waals surface area (Å²) in [5.41, 5.74) is 1.38. The van der Waals surface area contributed by atoms with Crippen molar-refractivity contribution in [3.8, 4) is 22.8 Å². The number of thioether (sulfide) groups is 1. The molecule has 9 heteroatoms. The molecule has 142 valence electrons. The highest BCUT2D eigenvalue weighted by Gasteiger charge is 2.27. The van der Waals surface area contributed by atoms with Crippen LogP contribution in [0.5, 0.6) is 5.75 Å². The monoisotopic (exact) mass is 413 g/mol. The third-order valence-corrected chi connectivity index (χ3v) is 4.87. The van der Waals surface area contributed by atoms with Crippen LogP contribution in [0.3, 0.4) is 0 Å². The third-order valence-electron chi connectivity index (χ3n) is 3.68. The standard InChI is InChI=1S/C18H15ClF3N3OS/c1-26-15-5-3-2-4-14(15)16-23-24-17(27-11-10-18(20,21)22)25(16)13-8-6-12(19)7-9-13/h2-9H,10-11H2,1H3. The van der Waals surface area contributed by atoms with E-state index in [9.17, 15) is 13.2 Å². The molecule has 0 aliphatic rings. The fourth-order valence-electron chi connectivity index (χ4n) is 2.45. The predicted molar refractivity (Wildman–Crippen MR) is 99.8 cm³/mol. The Bertz CT molecular complexity index is 913. The summed E-state index contributed by atoms with van der Waals surface area (Å²) >= 11 is 6.96. The number of methoxy groups -OCH3 is 1. The molecule has 0 atom stereocenters. The highest BCUT2D eigenvalue weighted by molar-refractivity contribution is 7.99. The topological polar surface area (TPSA) is 39.9 Å². The molecule has 0 N–H and O–H groups in total. The lowest BCUT2D eigenvalue weighted by Crippen LogP contribution is -2.08. The van der Waals surface area contributed by atoms with Crippen molar-refractivity contribution in [1.82, 2.24) is 14.8 Å². The zero-order valence-corrected chi connectivity index (χ0v) is 15.8. The molecular formula is C18H15ClF3N3OS. The molecule has 0 unspecified atom stereocenters. The van der Waals surface area contributed by atoms with Gasteiger partial charge in [-0.1, -0.05) is 35.5 Å². The summed E-state index contributed by atoms with van der Waals surface area (Å²) in [6.07, 6.45) is -5.13. The van der Waals surface area contributed by atoms with Gasteiger partial charge in [0.25, 0.3) is 0 Å². The maximum atomic E-state index is 12.5. The number of benzene rings is 2. The van der Waals surface area contributed by atoms with E-state index in [2.05, 4.69) is 10.2 Å². The van der Waals surface area contributed by atoms with Gasteiger partial charge in [0.05, 0.1) is 19.1 Å². The van der Waals surface area contributed by atoms with E-state index in [-0.39, 0.29) is 5.75 Å². The zero-order chi connectivity index (χ0) is 19.4. The maximum Gasteiger partial charge on any atom is 0.389 e. The van der Waals surface area contributed by atoms with Crippen molar-refractivity contribution >= 4 is 23.4 Å². The number of para-hydroxylation sites is 1. The van der Waals surface area contributed by atoms with E-state index >= 15 is 0 Å². The van der Waals surface area contributed by atoms with E-state index in [1.807, 2.05) is 18.2 Å². The van der Waals surface area contributed by atoms with Gasteiger partial charge in [-0.05, 0) is 36.4 Å². The highest BCUT2D eigenvalue weighted by atomic mass is 35.5. The summed E-state index contributed by atoms with van der Waals surface area (Å²) in [6, 6.07) is 14.2. The van der Waals surface area contributed by atoms with Crippen molar-refractivity contribution in [2.75, 3.05) is 12.9 Å². The fourth-order valence-corrected chi connectivity index (χ4v) is 3.51. The second kappa shape index (κ2) is 8.22. The van der Waals surface area contributed by atoms with Crippen LogP contribution in [0.15, 0.2) is 53.7 Å². The summed E-state index contributed by atoms with van der Waals surface area (Å²) in [6.45, 7) is 0. The van der Waals surface area contributed by atoms with Crippen LogP contribution >= 0.6 is 23.4 Å². The Labute approximate surface area is 163 Å². The van der Waals surface area contributed by atoms with Crippen LogP contribution in [-0.2, 0) is 0 Å². The van der Waals surface area contributed by atoms with Gasteiger partial charge in [0, 0.05) is 16.5 Å². The largest absolute Gasteiger partial charge is 0.496 e. The third kappa shape index (κ3) is 4.75. The molecule has 0 radical (unpaired) electrons. The Kier molecular flexibility index (Phi) is 5.96. The van der Waals surface area contributed by atoms with Crippen molar-refractivity contribution in [1.29, 1.82) is 0 Å². The molecular weight excluding hydrogens is 399 g/mol. The van der Waals surface area contributed by atoms with Crippen molar-refractivity contribution in [3.05, 3.63) is 53.6 Å². The van der Waals surface area contributed by atoms with E-state index in [0.717, 1.165) is 11.8 Å². The van der Waals surface area contributed by atoms with Crippen LogP contribution in [-0.4, -0.2) is 33.8 Å². The lowest BCUT2D eigenvalue weighted by molar-refractivity contribution is -0.129. The number of halogens is 4. The molecule has 4 nitrogen and oxygen atoms in total. The zero-order valence-electron chi connectivity index (χ0n) is 14.2. The van der Waals surface area contributed by atoms with Gasteiger partial charge in [-0.25, -0.2) is 0 Å². The lowest BCUT2D eigenvalue weighted by Gasteiger charge is -2.13. The van der Waals surface area contributed by atoms with Crippen LogP contribution in [0.4, 0.5) is 13.2 Å². The molecule has 0 bridgehead atoms. The molecule has 27 heavy (non-hydrogen) atoms. The molecule has 2 aromatic carbocycles. The molecule has 1 heterocycles. The first kappa shape index (κ1) is 19.6. The smallest absolute Gasteiger partial charge is 0.389 e. The van der Waals surface area contributed by atoms with Gasteiger partial charge in [0.15, 0.2) is 11.0 Å². The molecule has 3 rings (SSSR count).